The SMILES string of the molecule is C=Cc1c(Cl)cc(CC=O)c(OCc2ccccc2)c1N=C. The lowest BCUT2D eigenvalue weighted by Crippen LogP contribution is -2.01. The highest BCUT2D eigenvalue weighted by Crippen LogP contribution is 2.40. The number of aliphatic imine (C=N–C) groups is 1. The van der Waals surface area contributed by atoms with Gasteiger partial charge in [0.15, 0.2) is 0 Å². The van der Waals surface area contributed by atoms with Gasteiger partial charge in [0, 0.05) is 17.5 Å². The Morgan fingerprint density at radius 3 is 2.59 bits per heavy atom. The molecule has 2 rings (SSSR count). The van der Waals surface area contributed by atoms with E-state index in [0.717, 1.165) is 11.8 Å². The molecule has 0 aliphatic carbocycles. The maximum absolute atomic E-state index is 10.9. The first-order valence-corrected chi connectivity index (χ1v) is 7.14. The average molecular weight is 314 g/mol. The number of carbonyl (C=O) groups excluding carboxylic acids is 1. The molecule has 3 nitrogen and oxygen atoms in total. The predicted octanol–water partition coefficient (Wildman–Crippen LogP) is 4.64. The van der Waals surface area contributed by atoms with Crippen molar-refractivity contribution < 1.29 is 9.53 Å². The van der Waals surface area contributed by atoms with Gasteiger partial charge in [-0.05, 0) is 18.3 Å². The fourth-order valence-electron chi connectivity index (χ4n) is 2.17. The van der Waals surface area contributed by atoms with Crippen LogP contribution in [0.15, 0.2) is 48.0 Å². The number of ether oxygens (including phenoxy) is 1. The summed E-state index contributed by atoms with van der Waals surface area (Å²) in [6, 6.07) is 11.5. The molecule has 0 amide bonds. The maximum atomic E-state index is 10.9. The van der Waals surface area contributed by atoms with Gasteiger partial charge in [-0.15, -0.1) is 0 Å². The van der Waals surface area contributed by atoms with Gasteiger partial charge in [-0.2, -0.15) is 0 Å². The van der Waals surface area contributed by atoms with E-state index < -0.39 is 0 Å². The minimum Gasteiger partial charge on any atom is -0.486 e. The zero-order valence-electron chi connectivity index (χ0n) is 12.1. The van der Waals surface area contributed by atoms with Gasteiger partial charge >= 0.3 is 0 Å². The Kier molecular flexibility index (Phi) is 5.50. The molecule has 112 valence electrons. The maximum Gasteiger partial charge on any atom is 0.149 e. The summed E-state index contributed by atoms with van der Waals surface area (Å²) in [4.78, 5) is 14.9. The van der Waals surface area contributed by atoms with Crippen molar-refractivity contribution in [1.29, 1.82) is 0 Å². The molecule has 22 heavy (non-hydrogen) atoms. The van der Waals surface area contributed by atoms with Crippen molar-refractivity contribution in [3.63, 3.8) is 0 Å². The smallest absolute Gasteiger partial charge is 0.149 e. The molecule has 0 N–H and O–H groups in total. The number of carbonyl (C=O) groups is 1. The fourth-order valence-corrected chi connectivity index (χ4v) is 2.47. The van der Waals surface area contributed by atoms with Gasteiger partial charge in [-0.3, -0.25) is 4.99 Å². The van der Waals surface area contributed by atoms with Crippen LogP contribution in [0.25, 0.3) is 6.08 Å². The second-order valence-corrected chi connectivity index (χ2v) is 5.02. The number of hydrogen-bond acceptors (Lipinski definition) is 3. The first-order chi connectivity index (χ1) is 10.7. The van der Waals surface area contributed by atoms with Crippen LogP contribution in [0.2, 0.25) is 5.02 Å². The summed E-state index contributed by atoms with van der Waals surface area (Å²) in [5.74, 6) is 0.519. The summed E-state index contributed by atoms with van der Waals surface area (Å²) in [5, 5.41) is 0.473. The van der Waals surface area contributed by atoms with E-state index in [1.807, 2.05) is 30.3 Å². The Balaban J connectivity index is 2.44. The van der Waals surface area contributed by atoms with E-state index in [0.29, 0.717) is 34.2 Å². The summed E-state index contributed by atoms with van der Waals surface area (Å²) in [6.07, 6.45) is 2.61. The molecule has 0 unspecified atom stereocenters. The normalized spacial score (nSPS) is 10.0. The summed E-state index contributed by atoms with van der Waals surface area (Å²) in [6.45, 7) is 7.68. The molecule has 0 aromatic heterocycles. The van der Waals surface area contributed by atoms with Gasteiger partial charge in [0.05, 0.1) is 5.02 Å². The van der Waals surface area contributed by atoms with E-state index in [-0.39, 0.29) is 6.42 Å². The number of hydrogen-bond donors (Lipinski definition) is 0. The fraction of sp³-hybridized carbons (Fsp3) is 0.111. The number of aldehydes is 1. The molecular formula is C18H16ClNO2. The average Bonchev–Trinajstić information content (AvgIpc) is 2.54. The van der Waals surface area contributed by atoms with Crippen molar-refractivity contribution in [2.75, 3.05) is 0 Å². The highest BCUT2D eigenvalue weighted by molar-refractivity contribution is 6.32. The Bertz CT molecular complexity index is 696. The molecule has 0 aliphatic rings. The van der Waals surface area contributed by atoms with Gasteiger partial charge in [0.1, 0.15) is 24.3 Å². The van der Waals surface area contributed by atoms with E-state index >= 15 is 0 Å². The second-order valence-electron chi connectivity index (χ2n) is 4.62. The minimum atomic E-state index is 0.198. The van der Waals surface area contributed by atoms with Crippen LogP contribution in [-0.4, -0.2) is 13.0 Å². The molecule has 0 saturated heterocycles. The third kappa shape index (κ3) is 3.43. The quantitative estimate of drug-likeness (QED) is 0.552. The van der Waals surface area contributed by atoms with Crippen molar-refractivity contribution in [3.8, 4) is 5.75 Å². The van der Waals surface area contributed by atoms with Crippen LogP contribution in [0.1, 0.15) is 16.7 Å². The lowest BCUT2D eigenvalue weighted by molar-refractivity contribution is -0.107. The predicted molar refractivity (Wildman–Crippen MR) is 91.3 cm³/mol. The number of rotatable bonds is 7. The molecule has 0 aliphatic heterocycles. The van der Waals surface area contributed by atoms with Crippen LogP contribution in [-0.2, 0) is 17.8 Å². The first kappa shape index (κ1) is 16.0. The number of benzene rings is 2. The Hall–Kier alpha value is -2.39. The Labute approximate surface area is 134 Å². The van der Waals surface area contributed by atoms with E-state index in [1.165, 1.54) is 0 Å². The highest BCUT2D eigenvalue weighted by Gasteiger charge is 2.16. The second kappa shape index (κ2) is 7.57. The van der Waals surface area contributed by atoms with Crippen molar-refractivity contribution in [1.82, 2.24) is 0 Å². The molecule has 0 radical (unpaired) electrons. The monoisotopic (exact) mass is 313 g/mol. The molecule has 2 aromatic carbocycles. The zero-order chi connectivity index (χ0) is 15.9. The van der Waals surface area contributed by atoms with Crippen LogP contribution in [0.3, 0.4) is 0 Å². The van der Waals surface area contributed by atoms with Gasteiger partial charge in [-0.1, -0.05) is 54.6 Å². The molecule has 0 atom stereocenters. The van der Waals surface area contributed by atoms with E-state index in [4.69, 9.17) is 16.3 Å². The molecule has 0 heterocycles. The van der Waals surface area contributed by atoms with Gasteiger partial charge in [-0.25, -0.2) is 0 Å². The van der Waals surface area contributed by atoms with Gasteiger partial charge < -0.3 is 9.53 Å². The topological polar surface area (TPSA) is 38.7 Å². The van der Waals surface area contributed by atoms with E-state index in [2.05, 4.69) is 18.3 Å². The standard InChI is InChI=1S/C18H16ClNO2/c1-3-15-16(19)11-14(9-10-21)18(17(15)20-2)22-12-13-7-5-4-6-8-13/h3-8,10-11H,1-2,9,12H2. The first-order valence-electron chi connectivity index (χ1n) is 6.76. The summed E-state index contributed by atoms with van der Waals surface area (Å²) in [7, 11) is 0. The van der Waals surface area contributed by atoms with Crippen LogP contribution in [0, 0.1) is 0 Å². The molecule has 0 spiro atoms. The van der Waals surface area contributed by atoms with Crippen LogP contribution < -0.4 is 4.74 Å². The third-order valence-electron chi connectivity index (χ3n) is 3.21. The number of halogens is 1. The van der Waals surface area contributed by atoms with E-state index in [1.54, 1.807) is 12.1 Å². The van der Waals surface area contributed by atoms with Crippen LogP contribution in [0.5, 0.6) is 5.75 Å². The number of nitrogens with zero attached hydrogens (tertiary/aromatic N) is 1. The van der Waals surface area contributed by atoms with E-state index in [9.17, 15) is 4.79 Å². The minimum absolute atomic E-state index is 0.198. The lowest BCUT2D eigenvalue weighted by atomic mass is 10.0. The zero-order valence-corrected chi connectivity index (χ0v) is 12.8. The van der Waals surface area contributed by atoms with Crippen molar-refractivity contribution in [2.24, 2.45) is 4.99 Å². The highest BCUT2D eigenvalue weighted by atomic mass is 35.5. The largest absolute Gasteiger partial charge is 0.486 e. The van der Waals surface area contributed by atoms with Crippen molar-refractivity contribution >= 4 is 36.4 Å². The van der Waals surface area contributed by atoms with Gasteiger partial charge in [0.25, 0.3) is 0 Å². The molecule has 0 bridgehead atoms. The molecule has 2 aromatic rings. The van der Waals surface area contributed by atoms with Gasteiger partial charge in [0.2, 0.25) is 0 Å². The third-order valence-corrected chi connectivity index (χ3v) is 3.52. The summed E-state index contributed by atoms with van der Waals surface area (Å²) in [5.41, 5.74) is 2.86. The molecule has 0 fully saturated rings. The molecule has 4 heteroatoms. The van der Waals surface area contributed by atoms with Crippen LogP contribution in [0.4, 0.5) is 5.69 Å². The molecular weight excluding hydrogens is 298 g/mol. The lowest BCUT2D eigenvalue weighted by Gasteiger charge is -2.16. The Morgan fingerprint density at radius 2 is 2.00 bits per heavy atom. The van der Waals surface area contributed by atoms with Crippen molar-refractivity contribution in [3.05, 3.63) is 64.7 Å². The summed E-state index contributed by atoms with van der Waals surface area (Å²) >= 11 is 6.21. The molecule has 0 saturated carbocycles. The summed E-state index contributed by atoms with van der Waals surface area (Å²) < 4.78 is 5.90. The Morgan fingerprint density at radius 1 is 1.27 bits per heavy atom. The van der Waals surface area contributed by atoms with Crippen LogP contribution >= 0.6 is 11.6 Å². The van der Waals surface area contributed by atoms with Crippen molar-refractivity contribution in [2.45, 2.75) is 13.0 Å².